The van der Waals surface area contributed by atoms with E-state index < -0.39 is 0 Å². The van der Waals surface area contributed by atoms with Crippen molar-refractivity contribution < 1.29 is 9.53 Å². The quantitative estimate of drug-likeness (QED) is 0.797. The van der Waals surface area contributed by atoms with E-state index in [-0.39, 0.29) is 12.0 Å². The van der Waals surface area contributed by atoms with E-state index in [4.69, 9.17) is 4.74 Å². The standard InChI is InChI=1S/C13H20N2O2/c1-10(17-3)7-8-14-12-5-4-6-13(9-12)15-11(2)16/h4-6,9-10,14H,7-8H2,1-3H3,(H,15,16). The van der Waals surface area contributed by atoms with E-state index in [1.54, 1.807) is 7.11 Å². The lowest BCUT2D eigenvalue weighted by Crippen LogP contribution is -2.12. The molecule has 1 aromatic carbocycles. The molecular weight excluding hydrogens is 216 g/mol. The fraction of sp³-hybridized carbons (Fsp3) is 0.462. The van der Waals surface area contributed by atoms with Gasteiger partial charge in [0, 0.05) is 32.0 Å². The van der Waals surface area contributed by atoms with E-state index in [1.807, 2.05) is 31.2 Å². The summed E-state index contributed by atoms with van der Waals surface area (Å²) in [7, 11) is 1.71. The molecule has 0 saturated carbocycles. The topological polar surface area (TPSA) is 50.4 Å². The summed E-state index contributed by atoms with van der Waals surface area (Å²) in [5.74, 6) is -0.0600. The first-order valence-corrected chi connectivity index (χ1v) is 5.76. The molecular formula is C13H20N2O2. The van der Waals surface area contributed by atoms with Gasteiger partial charge in [0.1, 0.15) is 0 Å². The monoisotopic (exact) mass is 236 g/mol. The Labute approximate surface area is 102 Å². The minimum atomic E-state index is -0.0600. The maximum Gasteiger partial charge on any atom is 0.221 e. The molecule has 1 atom stereocenters. The van der Waals surface area contributed by atoms with Gasteiger partial charge in [0.25, 0.3) is 0 Å². The minimum Gasteiger partial charge on any atom is -0.385 e. The van der Waals surface area contributed by atoms with Gasteiger partial charge in [-0.05, 0) is 31.5 Å². The van der Waals surface area contributed by atoms with Crippen LogP contribution in [0.15, 0.2) is 24.3 Å². The first-order valence-electron chi connectivity index (χ1n) is 5.76. The molecule has 0 radical (unpaired) electrons. The second-order valence-corrected chi connectivity index (χ2v) is 4.02. The molecule has 0 heterocycles. The zero-order chi connectivity index (χ0) is 12.7. The van der Waals surface area contributed by atoms with Crippen molar-refractivity contribution in [2.75, 3.05) is 24.3 Å². The van der Waals surface area contributed by atoms with Crippen molar-refractivity contribution in [2.45, 2.75) is 26.4 Å². The summed E-state index contributed by atoms with van der Waals surface area (Å²) in [6.07, 6.45) is 1.20. The molecule has 94 valence electrons. The van der Waals surface area contributed by atoms with E-state index >= 15 is 0 Å². The van der Waals surface area contributed by atoms with Gasteiger partial charge in [-0.2, -0.15) is 0 Å². The van der Waals surface area contributed by atoms with Crippen LogP contribution >= 0.6 is 0 Å². The predicted octanol–water partition coefficient (Wildman–Crippen LogP) is 2.48. The lowest BCUT2D eigenvalue weighted by molar-refractivity contribution is -0.114. The van der Waals surface area contributed by atoms with Crippen LogP contribution in [0.1, 0.15) is 20.3 Å². The van der Waals surface area contributed by atoms with Crippen LogP contribution in [0.25, 0.3) is 0 Å². The molecule has 17 heavy (non-hydrogen) atoms. The average Bonchev–Trinajstić information content (AvgIpc) is 2.28. The van der Waals surface area contributed by atoms with Crippen LogP contribution < -0.4 is 10.6 Å². The zero-order valence-corrected chi connectivity index (χ0v) is 10.6. The van der Waals surface area contributed by atoms with Crippen LogP contribution in [-0.4, -0.2) is 25.7 Å². The largest absolute Gasteiger partial charge is 0.385 e. The van der Waals surface area contributed by atoms with Gasteiger partial charge >= 0.3 is 0 Å². The third-order valence-electron chi connectivity index (χ3n) is 2.47. The molecule has 1 amide bonds. The molecule has 4 heteroatoms. The SMILES string of the molecule is COC(C)CCNc1cccc(NC(C)=O)c1. The highest BCUT2D eigenvalue weighted by atomic mass is 16.5. The summed E-state index contributed by atoms with van der Waals surface area (Å²) in [4.78, 5) is 10.9. The van der Waals surface area contributed by atoms with E-state index in [1.165, 1.54) is 6.92 Å². The average molecular weight is 236 g/mol. The number of ether oxygens (including phenoxy) is 1. The summed E-state index contributed by atoms with van der Waals surface area (Å²) in [6, 6.07) is 7.67. The first kappa shape index (κ1) is 13.5. The number of hydrogen-bond donors (Lipinski definition) is 2. The van der Waals surface area contributed by atoms with Crippen molar-refractivity contribution in [3.8, 4) is 0 Å². The van der Waals surface area contributed by atoms with Gasteiger partial charge in [0.05, 0.1) is 6.10 Å². The van der Waals surface area contributed by atoms with Gasteiger partial charge < -0.3 is 15.4 Å². The Hall–Kier alpha value is -1.55. The van der Waals surface area contributed by atoms with E-state index in [0.717, 1.165) is 24.3 Å². The van der Waals surface area contributed by atoms with Gasteiger partial charge in [-0.15, -0.1) is 0 Å². The van der Waals surface area contributed by atoms with Crippen LogP contribution in [0.4, 0.5) is 11.4 Å². The van der Waals surface area contributed by atoms with Gasteiger partial charge in [-0.1, -0.05) is 6.07 Å². The van der Waals surface area contributed by atoms with Crippen LogP contribution in [0.2, 0.25) is 0 Å². The Morgan fingerprint density at radius 1 is 1.41 bits per heavy atom. The molecule has 1 unspecified atom stereocenters. The highest BCUT2D eigenvalue weighted by Crippen LogP contribution is 2.15. The summed E-state index contributed by atoms with van der Waals surface area (Å²) in [6.45, 7) is 4.38. The number of anilines is 2. The summed E-state index contributed by atoms with van der Waals surface area (Å²) in [5.41, 5.74) is 1.81. The third-order valence-corrected chi connectivity index (χ3v) is 2.47. The molecule has 0 aliphatic carbocycles. The fourth-order valence-corrected chi connectivity index (χ4v) is 1.45. The lowest BCUT2D eigenvalue weighted by atomic mass is 10.2. The maximum atomic E-state index is 10.9. The van der Waals surface area contributed by atoms with Gasteiger partial charge in [-0.25, -0.2) is 0 Å². The van der Waals surface area contributed by atoms with Crippen molar-refractivity contribution in [3.63, 3.8) is 0 Å². The van der Waals surface area contributed by atoms with Crippen LogP contribution in [0.3, 0.4) is 0 Å². The number of methoxy groups -OCH3 is 1. The molecule has 2 N–H and O–H groups in total. The fourth-order valence-electron chi connectivity index (χ4n) is 1.45. The molecule has 0 aliphatic heterocycles. The number of carbonyl (C=O) groups excluding carboxylic acids is 1. The molecule has 4 nitrogen and oxygen atoms in total. The van der Waals surface area contributed by atoms with Gasteiger partial charge in [-0.3, -0.25) is 4.79 Å². The normalized spacial score (nSPS) is 11.9. The van der Waals surface area contributed by atoms with Crippen molar-refractivity contribution in [1.29, 1.82) is 0 Å². The van der Waals surface area contributed by atoms with Crippen molar-refractivity contribution in [1.82, 2.24) is 0 Å². The summed E-state index contributed by atoms with van der Waals surface area (Å²) < 4.78 is 5.17. The molecule has 0 aliphatic rings. The third kappa shape index (κ3) is 5.36. The Kier molecular flexibility index (Phi) is 5.49. The van der Waals surface area contributed by atoms with Crippen molar-refractivity contribution >= 4 is 17.3 Å². The Morgan fingerprint density at radius 2 is 2.12 bits per heavy atom. The zero-order valence-electron chi connectivity index (χ0n) is 10.6. The van der Waals surface area contributed by atoms with Crippen LogP contribution in [-0.2, 0) is 9.53 Å². The lowest BCUT2D eigenvalue weighted by Gasteiger charge is -2.11. The molecule has 1 aromatic rings. The maximum absolute atomic E-state index is 10.9. The molecule has 0 saturated heterocycles. The number of benzene rings is 1. The number of rotatable bonds is 6. The highest BCUT2D eigenvalue weighted by molar-refractivity contribution is 5.89. The molecule has 1 rings (SSSR count). The summed E-state index contributed by atoms with van der Waals surface area (Å²) >= 11 is 0. The minimum absolute atomic E-state index is 0.0600. The van der Waals surface area contributed by atoms with E-state index in [2.05, 4.69) is 10.6 Å². The number of nitrogens with one attached hydrogen (secondary N) is 2. The smallest absolute Gasteiger partial charge is 0.221 e. The number of carbonyl (C=O) groups is 1. The van der Waals surface area contributed by atoms with Gasteiger partial charge in [0.2, 0.25) is 5.91 Å². The second kappa shape index (κ2) is 6.91. The molecule has 0 aromatic heterocycles. The van der Waals surface area contributed by atoms with E-state index in [9.17, 15) is 4.79 Å². The highest BCUT2D eigenvalue weighted by Gasteiger charge is 2.00. The number of amides is 1. The van der Waals surface area contributed by atoms with Crippen LogP contribution in [0.5, 0.6) is 0 Å². The molecule has 0 fully saturated rings. The Morgan fingerprint density at radius 3 is 2.76 bits per heavy atom. The predicted molar refractivity (Wildman–Crippen MR) is 70.3 cm³/mol. The Balaban J connectivity index is 2.45. The number of hydrogen-bond acceptors (Lipinski definition) is 3. The Bertz CT molecular complexity index is 366. The van der Waals surface area contributed by atoms with Gasteiger partial charge in [0.15, 0.2) is 0 Å². The second-order valence-electron chi connectivity index (χ2n) is 4.02. The van der Waals surface area contributed by atoms with Crippen molar-refractivity contribution in [3.05, 3.63) is 24.3 Å². The first-order chi connectivity index (χ1) is 8.11. The van der Waals surface area contributed by atoms with Crippen molar-refractivity contribution in [2.24, 2.45) is 0 Å². The molecule has 0 bridgehead atoms. The molecule has 0 spiro atoms. The van der Waals surface area contributed by atoms with E-state index in [0.29, 0.717) is 0 Å². The van der Waals surface area contributed by atoms with Crippen LogP contribution in [0, 0.1) is 0 Å². The summed E-state index contributed by atoms with van der Waals surface area (Å²) in [5, 5.41) is 6.04.